The summed E-state index contributed by atoms with van der Waals surface area (Å²) in [6.07, 6.45) is 3.97. The molecular weight excluding hydrogens is 254 g/mol. The molecule has 0 amide bonds. The number of nitrogens with zero attached hydrogens (tertiary/aromatic N) is 2. The third-order valence-corrected chi connectivity index (χ3v) is 4.90. The summed E-state index contributed by atoms with van der Waals surface area (Å²) in [5.74, 6) is 0. The summed E-state index contributed by atoms with van der Waals surface area (Å²) in [5, 5.41) is 4.78. The minimum absolute atomic E-state index is 0.162. The van der Waals surface area contributed by atoms with Gasteiger partial charge in [0.1, 0.15) is 0 Å². The summed E-state index contributed by atoms with van der Waals surface area (Å²) < 4.78 is 0. The SMILES string of the molecule is Cc1nc(N2CCCCC2C)sc1CNC(C)(C)C. The standard InChI is InChI=1S/C15H27N3S/c1-11-8-6-7-9-18(11)14-17-12(2)13(19-14)10-16-15(3,4)5/h11,16H,6-10H2,1-5H3. The maximum atomic E-state index is 4.79. The molecule has 1 unspecified atom stereocenters. The Hall–Kier alpha value is -0.610. The lowest BCUT2D eigenvalue weighted by atomic mass is 10.1. The van der Waals surface area contributed by atoms with Crippen molar-refractivity contribution in [1.29, 1.82) is 0 Å². The van der Waals surface area contributed by atoms with Crippen LogP contribution in [0.15, 0.2) is 0 Å². The Labute approximate surface area is 121 Å². The molecule has 2 rings (SSSR count). The highest BCUT2D eigenvalue weighted by molar-refractivity contribution is 7.15. The molecule has 4 heteroatoms. The second-order valence-electron chi connectivity index (χ2n) is 6.65. The fourth-order valence-corrected chi connectivity index (χ4v) is 3.56. The van der Waals surface area contributed by atoms with E-state index in [4.69, 9.17) is 4.98 Å². The van der Waals surface area contributed by atoms with E-state index in [1.165, 1.54) is 41.5 Å². The molecule has 0 spiro atoms. The van der Waals surface area contributed by atoms with Crippen molar-refractivity contribution in [1.82, 2.24) is 10.3 Å². The molecule has 0 saturated carbocycles. The van der Waals surface area contributed by atoms with Crippen molar-refractivity contribution >= 4 is 16.5 Å². The molecule has 0 aliphatic carbocycles. The van der Waals surface area contributed by atoms with Gasteiger partial charge in [-0.1, -0.05) is 0 Å². The number of piperidine rings is 1. The Kier molecular flexibility index (Phi) is 4.51. The van der Waals surface area contributed by atoms with Crippen LogP contribution in [-0.2, 0) is 6.54 Å². The van der Waals surface area contributed by atoms with Gasteiger partial charge in [-0.3, -0.25) is 0 Å². The zero-order valence-electron chi connectivity index (χ0n) is 12.9. The van der Waals surface area contributed by atoms with Gasteiger partial charge in [0.15, 0.2) is 5.13 Å². The van der Waals surface area contributed by atoms with Crippen LogP contribution in [0.1, 0.15) is 57.5 Å². The smallest absolute Gasteiger partial charge is 0.186 e. The molecular formula is C15H27N3S. The van der Waals surface area contributed by atoms with Crippen LogP contribution in [0.3, 0.4) is 0 Å². The second kappa shape index (κ2) is 5.80. The highest BCUT2D eigenvalue weighted by Gasteiger charge is 2.22. The average molecular weight is 281 g/mol. The quantitative estimate of drug-likeness (QED) is 0.915. The van der Waals surface area contributed by atoms with E-state index in [0.29, 0.717) is 6.04 Å². The van der Waals surface area contributed by atoms with Crippen molar-refractivity contribution in [2.24, 2.45) is 0 Å². The number of anilines is 1. The predicted octanol–water partition coefficient (Wildman–Crippen LogP) is 3.72. The van der Waals surface area contributed by atoms with Crippen molar-refractivity contribution in [3.05, 3.63) is 10.6 Å². The summed E-state index contributed by atoms with van der Waals surface area (Å²) in [7, 11) is 0. The number of aryl methyl sites for hydroxylation is 1. The molecule has 108 valence electrons. The minimum Gasteiger partial charge on any atom is -0.345 e. The van der Waals surface area contributed by atoms with Crippen molar-refractivity contribution in [3.8, 4) is 0 Å². The monoisotopic (exact) mass is 281 g/mol. The summed E-state index contributed by atoms with van der Waals surface area (Å²) in [5.41, 5.74) is 1.35. The zero-order chi connectivity index (χ0) is 14.0. The molecule has 1 aromatic heterocycles. The molecule has 1 aliphatic rings. The summed E-state index contributed by atoms with van der Waals surface area (Å²) in [4.78, 5) is 8.66. The first kappa shape index (κ1) is 14.8. The normalized spacial score (nSPS) is 20.9. The van der Waals surface area contributed by atoms with Crippen LogP contribution in [0.2, 0.25) is 0 Å². The van der Waals surface area contributed by atoms with Crippen LogP contribution in [0.5, 0.6) is 0 Å². The molecule has 0 bridgehead atoms. The van der Waals surface area contributed by atoms with Crippen LogP contribution in [0, 0.1) is 6.92 Å². The highest BCUT2D eigenvalue weighted by Crippen LogP contribution is 2.31. The van der Waals surface area contributed by atoms with Gasteiger partial charge in [0.25, 0.3) is 0 Å². The first-order chi connectivity index (χ1) is 8.87. The molecule has 1 aromatic rings. The van der Waals surface area contributed by atoms with Gasteiger partial charge in [-0.25, -0.2) is 4.98 Å². The fraction of sp³-hybridized carbons (Fsp3) is 0.800. The topological polar surface area (TPSA) is 28.2 Å². The Balaban J connectivity index is 2.07. The Morgan fingerprint density at radius 1 is 1.37 bits per heavy atom. The number of nitrogens with one attached hydrogen (secondary N) is 1. The van der Waals surface area contributed by atoms with Gasteiger partial charge in [-0.2, -0.15) is 0 Å². The number of thiazole rings is 1. The van der Waals surface area contributed by atoms with Gasteiger partial charge in [-0.05, 0) is 53.9 Å². The molecule has 1 N–H and O–H groups in total. The van der Waals surface area contributed by atoms with Gasteiger partial charge in [0, 0.05) is 29.5 Å². The maximum absolute atomic E-state index is 4.79. The Morgan fingerprint density at radius 3 is 2.74 bits per heavy atom. The van der Waals surface area contributed by atoms with Crippen LogP contribution in [0.4, 0.5) is 5.13 Å². The van der Waals surface area contributed by atoms with Crippen molar-refractivity contribution in [2.75, 3.05) is 11.4 Å². The number of aromatic nitrogens is 1. The highest BCUT2D eigenvalue weighted by atomic mass is 32.1. The van der Waals surface area contributed by atoms with Gasteiger partial charge in [-0.15, -0.1) is 11.3 Å². The molecule has 19 heavy (non-hydrogen) atoms. The maximum Gasteiger partial charge on any atom is 0.186 e. The molecule has 1 fully saturated rings. The van der Waals surface area contributed by atoms with Crippen LogP contribution >= 0.6 is 11.3 Å². The van der Waals surface area contributed by atoms with E-state index in [1.54, 1.807) is 0 Å². The van der Waals surface area contributed by atoms with Crippen LogP contribution in [0.25, 0.3) is 0 Å². The first-order valence-electron chi connectivity index (χ1n) is 7.35. The predicted molar refractivity (Wildman–Crippen MR) is 84.1 cm³/mol. The third-order valence-electron chi connectivity index (χ3n) is 3.71. The Bertz CT molecular complexity index is 420. The van der Waals surface area contributed by atoms with Gasteiger partial charge in [0.05, 0.1) is 5.69 Å². The first-order valence-corrected chi connectivity index (χ1v) is 8.16. The van der Waals surface area contributed by atoms with Gasteiger partial charge >= 0.3 is 0 Å². The van der Waals surface area contributed by atoms with E-state index in [9.17, 15) is 0 Å². The molecule has 1 aliphatic heterocycles. The van der Waals surface area contributed by atoms with E-state index in [1.807, 2.05) is 11.3 Å². The zero-order valence-corrected chi connectivity index (χ0v) is 13.7. The average Bonchev–Trinajstić information content (AvgIpc) is 2.68. The summed E-state index contributed by atoms with van der Waals surface area (Å²) in [6.45, 7) is 13.2. The largest absolute Gasteiger partial charge is 0.345 e. The minimum atomic E-state index is 0.162. The molecule has 0 aromatic carbocycles. The molecule has 3 nitrogen and oxygen atoms in total. The fourth-order valence-electron chi connectivity index (χ4n) is 2.43. The van der Waals surface area contributed by atoms with Crippen LogP contribution in [-0.4, -0.2) is 23.1 Å². The third kappa shape index (κ3) is 3.93. The van der Waals surface area contributed by atoms with E-state index < -0.39 is 0 Å². The van der Waals surface area contributed by atoms with E-state index >= 15 is 0 Å². The molecule has 0 radical (unpaired) electrons. The van der Waals surface area contributed by atoms with Crippen LogP contribution < -0.4 is 10.2 Å². The summed E-state index contributed by atoms with van der Waals surface area (Å²) >= 11 is 1.86. The summed E-state index contributed by atoms with van der Waals surface area (Å²) in [6, 6.07) is 0.641. The van der Waals surface area contributed by atoms with E-state index in [-0.39, 0.29) is 5.54 Å². The molecule has 1 saturated heterocycles. The van der Waals surface area contributed by atoms with Crippen molar-refractivity contribution in [3.63, 3.8) is 0 Å². The lowest BCUT2D eigenvalue weighted by molar-refractivity contribution is 0.425. The lowest BCUT2D eigenvalue weighted by Gasteiger charge is -2.33. The second-order valence-corrected chi connectivity index (χ2v) is 7.71. The Morgan fingerprint density at radius 2 is 2.11 bits per heavy atom. The lowest BCUT2D eigenvalue weighted by Crippen LogP contribution is -2.37. The van der Waals surface area contributed by atoms with Crippen molar-refractivity contribution < 1.29 is 0 Å². The van der Waals surface area contributed by atoms with E-state index in [0.717, 1.165) is 6.54 Å². The molecule has 2 heterocycles. The number of rotatable bonds is 3. The van der Waals surface area contributed by atoms with E-state index in [2.05, 4.69) is 44.8 Å². The molecule has 1 atom stereocenters. The van der Waals surface area contributed by atoms with Crippen molar-refractivity contribution in [2.45, 2.75) is 72.0 Å². The number of hydrogen-bond donors (Lipinski definition) is 1. The number of hydrogen-bond acceptors (Lipinski definition) is 4. The van der Waals surface area contributed by atoms with Gasteiger partial charge in [0.2, 0.25) is 0 Å². The van der Waals surface area contributed by atoms with Gasteiger partial charge < -0.3 is 10.2 Å².